The molecule has 2 unspecified atom stereocenters. The Labute approximate surface area is 193 Å². The molecular weight excluding hydrogens is 432 g/mol. The smallest absolute Gasteiger partial charge is 0.172 e. The van der Waals surface area contributed by atoms with E-state index in [2.05, 4.69) is 0 Å². The Morgan fingerprint density at radius 1 is 0.485 bits per heavy atom. The predicted octanol–water partition coefficient (Wildman–Crippen LogP) is 4.31. The van der Waals surface area contributed by atoms with Crippen molar-refractivity contribution in [1.82, 2.24) is 0 Å². The monoisotopic (exact) mass is 458 g/mol. The van der Waals surface area contributed by atoms with Crippen molar-refractivity contribution in [1.29, 1.82) is 0 Å². The number of anilines is 4. The number of nitrogens with two attached hydrogens (primary N) is 4. The normalized spacial score (nSPS) is 13.3. The Balaban J connectivity index is 2.03. The molecular formula is C26H26N4O2S. The lowest BCUT2D eigenvalue weighted by atomic mass is 10.0. The van der Waals surface area contributed by atoms with Crippen LogP contribution < -0.4 is 22.9 Å². The van der Waals surface area contributed by atoms with Crippen molar-refractivity contribution < 1.29 is 8.42 Å². The van der Waals surface area contributed by atoms with Crippen molar-refractivity contribution >= 4 is 32.6 Å². The van der Waals surface area contributed by atoms with Gasteiger partial charge in [0.05, 0.1) is 22.7 Å². The fraction of sp³-hybridized carbons (Fsp3) is 0.0769. The molecule has 7 heteroatoms. The van der Waals surface area contributed by atoms with Gasteiger partial charge in [-0.05, 0) is 34.4 Å². The SMILES string of the molecule is Nc1cccc(C(c2ccccc2)S(=O)(=O)C(c2ccccc2)c2cccc(N)c2N)c1N. The highest BCUT2D eigenvalue weighted by atomic mass is 32.2. The van der Waals surface area contributed by atoms with Crippen LogP contribution in [0.3, 0.4) is 0 Å². The van der Waals surface area contributed by atoms with E-state index >= 15 is 0 Å². The average Bonchev–Trinajstić information content (AvgIpc) is 2.81. The quantitative estimate of drug-likeness (QED) is 0.318. The zero-order valence-electron chi connectivity index (χ0n) is 17.9. The molecule has 0 amide bonds. The van der Waals surface area contributed by atoms with Crippen LogP contribution in [-0.4, -0.2) is 8.42 Å². The molecule has 0 saturated carbocycles. The summed E-state index contributed by atoms with van der Waals surface area (Å²) < 4.78 is 29.1. The van der Waals surface area contributed by atoms with E-state index in [9.17, 15) is 8.42 Å². The highest BCUT2D eigenvalue weighted by molar-refractivity contribution is 7.92. The maximum Gasteiger partial charge on any atom is 0.172 e. The molecule has 0 fully saturated rings. The summed E-state index contributed by atoms with van der Waals surface area (Å²) >= 11 is 0. The summed E-state index contributed by atoms with van der Waals surface area (Å²) in [5, 5.41) is -2.15. The van der Waals surface area contributed by atoms with Gasteiger partial charge >= 0.3 is 0 Å². The minimum absolute atomic E-state index is 0.238. The Kier molecular flexibility index (Phi) is 5.98. The van der Waals surface area contributed by atoms with Crippen LogP contribution in [0.5, 0.6) is 0 Å². The van der Waals surface area contributed by atoms with Crippen molar-refractivity contribution in [3.63, 3.8) is 0 Å². The van der Waals surface area contributed by atoms with Crippen molar-refractivity contribution in [2.45, 2.75) is 10.5 Å². The lowest BCUT2D eigenvalue weighted by molar-refractivity contribution is 0.582. The van der Waals surface area contributed by atoms with E-state index in [1.807, 2.05) is 12.1 Å². The van der Waals surface area contributed by atoms with E-state index in [-0.39, 0.29) is 11.4 Å². The van der Waals surface area contributed by atoms with E-state index in [0.717, 1.165) is 0 Å². The summed E-state index contributed by atoms with van der Waals surface area (Å²) in [6.07, 6.45) is 0. The van der Waals surface area contributed by atoms with Crippen molar-refractivity contribution in [3.8, 4) is 0 Å². The molecule has 2 atom stereocenters. The second-order valence-corrected chi connectivity index (χ2v) is 9.99. The van der Waals surface area contributed by atoms with Crippen LogP contribution in [0.15, 0.2) is 97.1 Å². The van der Waals surface area contributed by atoms with Gasteiger partial charge in [0, 0.05) is 0 Å². The Bertz CT molecular complexity index is 1270. The Morgan fingerprint density at radius 2 is 0.848 bits per heavy atom. The van der Waals surface area contributed by atoms with Gasteiger partial charge in [0.1, 0.15) is 10.5 Å². The van der Waals surface area contributed by atoms with E-state index < -0.39 is 20.3 Å². The largest absolute Gasteiger partial charge is 0.397 e. The molecule has 6 nitrogen and oxygen atoms in total. The summed E-state index contributed by atoms with van der Waals surface area (Å²) in [5.41, 5.74) is 27.9. The van der Waals surface area contributed by atoms with Gasteiger partial charge in [0.25, 0.3) is 0 Å². The fourth-order valence-electron chi connectivity index (χ4n) is 4.14. The third-order valence-electron chi connectivity index (χ3n) is 5.77. The van der Waals surface area contributed by atoms with E-state index in [0.29, 0.717) is 33.6 Å². The van der Waals surface area contributed by atoms with Gasteiger partial charge in [-0.1, -0.05) is 84.9 Å². The first-order valence-corrected chi connectivity index (χ1v) is 12.0. The van der Waals surface area contributed by atoms with Gasteiger partial charge < -0.3 is 22.9 Å². The molecule has 0 radical (unpaired) electrons. The number of rotatable bonds is 6. The van der Waals surface area contributed by atoms with E-state index in [1.165, 1.54) is 0 Å². The van der Waals surface area contributed by atoms with Crippen molar-refractivity contribution in [2.75, 3.05) is 22.9 Å². The molecule has 8 N–H and O–H groups in total. The van der Waals surface area contributed by atoms with E-state index in [1.54, 1.807) is 84.9 Å². The zero-order chi connectivity index (χ0) is 23.6. The molecule has 0 aromatic heterocycles. The third-order valence-corrected chi connectivity index (χ3v) is 8.14. The molecule has 0 aliphatic heterocycles. The second kappa shape index (κ2) is 8.88. The zero-order valence-corrected chi connectivity index (χ0v) is 18.7. The summed E-state index contributed by atoms with van der Waals surface area (Å²) in [5.74, 6) is 0. The molecule has 4 aromatic carbocycles. The average molecular weight is 459 g/mol. The Morgan fingerprint density at radius 3 is 1.21 bits per heavy atom. The van der Waals surface area contributed by atoms with Gasteiger partial charge in [0.15, 0.2) is 9.84 Å². The number of hydrogen-bond acceptors (Lipinski definition) is 6. The first-order chi connectivity index (χ1) is 15.8. The van der Waals surface area contributed by atoms with Gasteiger partial charge in [-0.2, -0.15) is 0 Å². The van der Waals surface area contributed by atoms with Crippen LogP contribution in [0.2, 0.25) is 0 Å². The number of nitrogen functional groups attached to an aromatic ring is 4. The topological polar surface area (TPSA) is 138 Å². The van der Waals surface area contributed by atoms with Gasteiger partial charge in [0.2, 0.25) is 0 Å². The molecule has 0 spiro atoms. The van der Waals surface area contributed by atoms with Crippen LogP contribution in [0.4, 0.5) is 22.7 Å². The van der Waals surface area contributed by atoms with Crippen LogP contribution in [0.1, 0.15) is 32.8 Å². The molecule has 4 rings (SSSR count). The van der Waals surface area contributed by atoms with Crippen LogP contribution in [0, 0.1) is 0 Å². The molecule has 168 valence electrons. The summed E-state index contributed by atoms with van der Waals surface area (Å²) in [4.78, 5) is 0. The molecule has 0 aliphatic rings. The minimum Gasteiger partial charge on any atom is -0.397 e. The van der Waals surface area contributed by atoms with Crippen molar-refractivity contribution in [3.05, 3.63) is 119 Å². The maximum absolute atomic E-state index is 14.6. The molecule has 33 heavy (non-hydrogen) atoms. The maximum atomic E-state index is 14.6. The van der Waals surface area contributed by atoms with Crippen LogP contribution in [-0.2, 0) is 9.84 Å². The first kappa shape index (κ1) is 22.2. The molecule has 0 heterocycles. The minimum atomic E-state index is -4.02. The summed E-state index contributed by atoms with van der Waals surface area (Å²) in [6.45, 7) is 0. The summed E-state index contributed by atoms with van der Waals surface area (Å²) in [7, 11) is -4.02. The van der Waals surface area contributed by atoms with E-state index in [4.69, 9.17) is 22.9 Å². The lowest BCUT2D eigenvalue weighted by Crippen LogP contribution is -2.25. The van der Waals surface area contributed by atoms with Crippen LogP contribution in [0.25, 0.3) is 0 Å². The Hall–Kier alpha value is -3.97. The van der Waals surface area contributed by atoms with Gasteiger partial charge in [-0.25, -0.2) is 8.42 Å². The number of hydrogen-bond donors (Lipinski definition) is 4. The molecule has 0 bridgehead atoms. The predicted molar refractivity (Wildman–Crippen MR) is 136 cm³/mol. The highest BCUT2D eigenvalue weighted by Crippen LogP contribution is 2.46. The first-order valence-electron chi connectivity index (χ1n) is 10.4. The number of para-hydroxylation sites is 2. The lowest BCUT2D eigenvalue weighted by Gasteiger charge is -2.28. The molecule has 0 saturated heterocycles. The molecule has 0 aliphatic carbocycles. The van der Waals surface area contributed by atoms with Gasteiger partial charge in [-0.15, -0.1) is 0 Å². The number of sulfone groups is 1. The van der Waals surface area contributed by atoms with Gasteiger partial charge in [-0.3, -0.25) is 0 Å². The molecule has 4 aromatic rings. The third kappa shape index (κ3) is 4.10. The van der Waals surface area contributed by atoms with Crippen molar-refractivity contribution in [2.24, 2.45) is 0 Å². The summed E-state index contributed by atoms with van der Waals surface area (Å²) in [6, 6.07) is 28.1. The standard InChI is InChI=1S/C26H26N4O2S/c27-21-15-7-13-19(23(21)29)25(17-9-3-1-4-10-17)33(31,32)26(18-11-5-2-6-12-18)20-14-8-16-22(28)24(20)30/h1-16,25-26H,27-30H2. The number of benzene rings is 4. The second-order valence-electron chi connectivity index (χ2n) is 7.87. The fourth-order valence-corrected chi connectivity index (χ4v) is 6.61. The van der Waals surface area contributed by atoms with Crippen LogP contribution >= 0.6 is 0 Å². The highest BCUT2D eigenvalue weighted by Gasteiger charge is 2.40.